The van der Waals surface area contributed by atoms with E-state index in [-0.39, 0.29) is 0 Å². The van der Waals surface area contributed by atoms with Crippen LogP contribution in [-0.2, 0) is 9.59 Å². The maximum absolute atomic E-state index is 13.1. The Morgan fingerprint density at radius 2 is 1.89 bits per heavy atom. The third-order valence-corrected chi connectivity index (χ3v) is 4.21. The van der Waals surface area contributed by atoms with Crippen molar-refractivity contribution >= 4 is 29.2 Å². The largest absolute Gasteiger partial charge is 0.497 e. The summed E-state index contributed by atoms with van der Waals surface area (Å²) >= 11 is 0. The van der Waals surface area contributed by atoms with Crippen molar-refractivity contribution in [3.05, 3.63) is 54.3 Å². The molecule has 27 heavy (non-hydrogen) atoms. The fraction of sp³-hybridized carbons (Fsp3) is 0.211. The lowest BCUT2D eigenvalue weighted by Gasteiger charge is -2.19. The van der Waals surface area contributed by atoms with Gasteiger partial charge in [-0.15, -0.1) is 0 Å². The SMILES string of the molecule is COc1cccc(NC(=O)CN2C(=O)[C@@H](C)N(c3ccc(F)cc3)C2=O)c1. The molecule has 1 heterocycles. The Kier molecular flexibility index (Phi) is 5.07. The number of nitrogens with zero attached hydrogens (tertiary/aromatic N) is 2. The first-order chi connectivity index (χ1) is 12.9. The molecule has 7 nitrogen and oxygen atoms in total. The number of carbonyl (C=O) groups excluding carboxylic acids is 3. The topological polar surface area (TPSA) is 79.0 Å². The molecule has 140 valence electrons. The molecular weight excluding hydrogens is 353 g/mol. The van der Waals surface area contributed by atoms with Crippen molar-refractivity contribution in [1.82, 2.24) is 4.90 Å². The minimum absolute atomic E-state index is 0.387. The summed E-state index contributed by atoms with van der Waals surface area (Å²) in [6.45, 7) is 1.14. The van der Waals surface area contributed by atoms with Gasteiger partial charge in [0.15, 0.2) is 0 Å². The third kappa shape index (κ3) is 3.74. The van der Waals surface area contributed by atoms with Crippen LogP contribution in [0.15, 0.2) is 48.5 Å². The molecule has 1 fully saturated rings. The van der Waals surface area contributed by atoms with Gasteiger partial charge in [0.05, 0.1) is 7.11 Å². The number of hydrogen-bond donors (Lipinski definition) is 1. The Morgan fingerprint density at radius 1 is 1.19 bits per heavy atom. The van der Waals surface area contributed by atoms with Gasteiger partial charge in [0.2, 0.25) is 5.91 Å². The number of imide groups is 1. The van der Waals surface area contributed by atoms with Gasteiger partial charge in [-0.25, -0.2) is 9.18 Å². The molecule has 1 saturated heterocycles. The summed E-state index contributed by atoms with van der Waals surface area (Å²) in [4.78, 5) is 39.5. The van der Waals surface area contributed by atoms with Crippen LogP contribution in [0.1, 0.15) is 6.92 Å². The van der Waals surface area contributed by atoms with Gasteiger partial charge in [0.1, 0.15) is 24.2 Å². The number of halogens is 1. The van der Waals surface area contributed by atoms with Crippen LogP contribution in [-0.4, -0.2) is 42.4 Å². The van der Waals surface area contributed by atoms with Crippen molar-refractivity contribution in [2.45, 2.75) is 13.0 Å². The quantitative estimate of drug-likeness (QED) is 0.820. The van der Waals surface area contributed by atoms with Crippen LogP contribution in [0.25, 0.3) is 0 Å². The van der Waals surface area contributed by atoms with Gasteiger partial charge in [0, 0.05) is 17.4 Å². The van der Waals surface area contributed by atoms with E-state index in [1.165, 1.54) is 36.3 Å². The summed E-state index contributed by atoms with van der Waals surface area (Å²) in [5.41, 5.74) is 0.875. The molecule has 0 aliphatic carbocycles. The van der Waals surface area contributed by atoms with Gasteiger partial charge in [0.25, 0.3) is 5.91 Å². The van der Waals surface area contributed by atoms with Crippen molar-refractivity contribution in [2.24, 2.45) is 0 Å². The molecule has 1 atom stereocenters. The first kappa shape index (κ1) is 18.4. The van der Waals surface area contributed by atoms with Gasteiger partial charge >= 0.3 is 6.03 Å². The molecule has 1 aliphatic rings. The molecule has 2 aromatic rings. The minimum atomic E-state index is -0.785. The molecule has 0 bridgehead atoms. The average Bonchev–Trinajstić information content (AvgIpc) is 2.86. The summed E-state index contributed by atoms with van der Waals surface area (Å²) in [5, 5.41) is 2.63. The predicted octanol–water partition coefficient (Wildman–Crippen LogP) is 2.63. The molecule has 0 radical (unpaired) electrons. The minimum Gasteiger partial charge on any atom is -0.497 e. The highest BCUT2D eigenvalue weighted by Gasteiger charge is 2.44. The van der Waals surface area contributed by atoms with E-state index in [0.717, 1.165) is 4.90 Å². The van der Waals surface area contributed by atoms with Gasteiger partial charge in [-0.3, -0.25) is 19.4 Å². The van der Waals surface area contributed by atoms with Crippen LogP contribution in [0.4, 0.5) is 20.6 Å². The van der Waals surface area contributed by atoms with E-state index in [2.05, 4.69) is 5.32 Å². The zero-order valence-corrected chi connectivity index (χ0v) is 14.8. The third-order valence-electron chi connectivity index (χ3n) is 4.21. The Bertz CT molecular complexity index is 885. The number of nitrogens with one attached hydrogen (secondary N) is 1. The lowest BCUT2D eigenvalue weighted by atomic mass is 10.2. The zero-order valence-electron chi connectivity index (χ0n) is 14.8. The van der Waals surface area contributed by atoms with Crippen molar-refractivity contribution < 1.29 is 23.5 Å². The molecule has 0 unspecified atom stereocenters. The molecule has 4 amide bonds. The number of hydrogen-bond acceptors (Lipinski definition) is 4. The number of ether oxygens (including phenoxy) is 1. The van der Waals surface area contributed by atoms with Crippen molar-refractivity contribution in [2.75, 3.05) is 23.9 Å². The van der Waals surface area contributed by atoms with Crippen LogP contribution in [0.3, 0.4) is 0 Å². The lowest BCUT2D eigenvalue weighted by molar-refractivity contribution is -0.130. The van der Waals surface area contributed by atoms with E-state index >= 15 is 0 Å². The van der Waals surface area contributed by atoms with E-state index < -0.39 is 36.2 Å². The molecule has 0 saturated carbocycles. The van der Waals surface area contributed by atoms with Gasteiger partial charge in [-0.1, -0.05) is 6.07 Å². The van der Waals surface area contributed by atoms with Gasteiger partial charge in [-0.05, 0) is 43.3 Å². The molecule has 3 rings (SSSR count). The first-order valence-electron chi connectivity index (χ1n) is 8.24. The first-order valence-corrected chi connectivity index (χ1v) is 8.24. The highest BCUT2D eigenvalue weighted by atomic mass is 19.1. The Hall–Kier alpha value is -3.42. The van der Waals surface area contributed by atoms with E-state index in [9.17, 15) is 18.8 Å². The van der Waals surface area contributed by atoms with Crippen LogP contribution in [0.5, 0.6) is 5.75 Å². The van der Waals surface area contributed by atoms with Gasteiger partial charge in [-0.2, -0.15) is 0 Å². The molecule has 1 aliphatic heterocycles. The van der Waals surface area contributed by atoms with Gasteiger partial charge < -0.3 is 10.1 Å². The Labute approximate surface area is 155 Å². The second kappa shape index (κ2) is 7.45. The fourth-order valence-corrected chi connectivity index (χ4v) is 2.85. The van der Waals surface area contributed by atoms with Crippen molar-refractivity contribution in [1.29, 1.82) is 0 Å². The number of rotatable bonds is 5. The monoisotopic (exact) mass is 371 g/mol. The van der Waals surface area contributed by atoms with Crippen LogP contribution in [0.2, 0.25) is 0 Å². The zero-order chi connectivity index (χ0) is 19.6. The number of anilines is 2. The lowest BCUT2D eigenvalue weighted by Crippen LogP contribution is -2.39. The normalized spacial score (nSPS) is 16.6. The molecular formula is C19H18FN3O4. The standard InChI is InChI=1S/C19H18FN3O4/c1-12-18(25)22(19(26)23(12)15-8-6-13(20)7-9-15)11-17(24)21-14-4-3-5-16(10-14)27-2/h3-10,12H,11H2,1-2H3,(H,21,24)/t12-/m1/s1. The number of methoxy groups -OCH3 is 1. The number of urea groups is 1. The van der Waals surface area contributed by atoms with Crippen LogP contribution < -0.4 is 15.0 Å². The second-order valence-corrected chi connectivity index (χ2v) is 6.01. The van der Waals surface area contributed by atoms with E-state index in [1.807, 2.05) is 0 Å². The summed E-state index contributed by atoms with van der Waals surface area (Å²) in [6.07, 6.45) is 0. The highest BCUT2D eigenvalue weighted by Crippen LogP contribution is 2.26. The van der Waals surface area contributed by atoms with Crippen molar-refractivity contribution in [3.63, 3.8) is 0 Å². The molecule has 8 heteroatoms. The number of carbonyl (C=O) groups is 3. The van der Waals surface area contributed by atoms with Crippen LogP contribution >= 0.6 is 0 Å². The Balaban J connectivity index is 1.72. The maximum atomic E-state index is 13.1. The number of benzene rings is 2. The van der Waals surface area contributed by atoms with Crippen molar-refractivity contribution in [3.8, 4) is 5.75 Å². The van der Waals surface area contributed by atoms with E-state index in [0.29, 0.717) is 17.1 Å². The van der Waals surface area contributed by atoms with E-state index in [4.69, 9.17) is 4.74 Å². The fourth-order valence-electron chi connectivity index (χ4n) is 2.85. The summed E-state index contributed by atoms with van der Waals surface area (Å²) in [7, 11) is 1.51. The summed E-state index contributed by atoms with van der Waals surface area (Å²) in [6, 6.07) is 10.6. The Morgan fingerprint density at radius 3 is 2.56 bits per heavy atom. The summed E-state index contributed by atoms with van der Waals surface area (Å²) in [5.74, 6) is -0.889. The maximum Gasteiger partial charge on any atom is 0.332 e. The molecule has 2 aromatic carbocycles. The summed E-state index contributed by atoms with van der Waals surface area (Å²) < 4.78 is 18.2. The second-order valence-electron chi connectivity index (χ2n) is 6.01. The molecule has 1 N–H and O–H groups in total. The smallest absolute Gasteiger partial charge is 0.332 e. The molecule has 0 aromatic heterocycles. The molecule has 0 spiro atoms. The number of amides is 4. The predicted molar refractivity (Wildman–Crippen MR) is 97.1 cm³/mol. The highest BCUT2D eigenvalue weighted by molar-refractivity contribution is 6.16. The van der Waals surface area contributed by atoms with Crippen LogP contribution in [0, 0.1) is 5.82 Å². The van der Waals surface area contributed by atoms with E-state index in [1.54, 1.807) is 31.2 Å². The average molecular weight is 371 g/mol.